The molecule has 0 spiro atoms. The van der Waals surface area contributed by atoms with Crippen LogP contribution in [-0.2, 0) is 19.6 Å². The molecule has 0 aromatic heterocycles. The summed E-state index contributed by atoms with van der Waals surface area (Å²) in [5, 5.41) is 0. The number of hydrogen-bond acceptors (Lipinski definition) is 4. The lowest BCUT2D eigenvalue weighted by Crippen LogP contribution is -2.00. The third-order valence-electron chi connectivity index (χ3n) is 1.87. The van der Waals surface area contributed by atoms with Crippen molar-refractivity contribution in [3.63, 3.8) is 0 Å². The van der Waals surface area contributed by atoms with Crippen LogP contribution >= 0.6 is 0 Å². The molecule has 1 aromatic carbocycles. The SMILES string of the molecule is CC(=O)OC=CC(=Cc1ccccc1)S(=O)(=O)O. The Bertz CT molecular complexity index is 570. The summed E-state index contributed by atoms with van der Waals surface area (Å²) in [5.41, 5.74) is 0.595. The van der Waals surface area contributed by atoms with Crippen LogP contribution in [0.15, 0.2) is 47.6 Å². The minimum absolute atomic E-state index is 0.366. The number of carbonyl (C=O) groups excluding carboxylic acids is 1. The van der Waals surface area contributed by atoms with Crippen LogP contribution in [0, 0.1) is 0 Å². The highest BCUT2D eigenvalue weighted by atomic mass is 32.2. The van der Waals surface area contributed by atoms with E-state index in [-0.39, 0.29) is 4.91 Å². The van der Waals surface area contributed by atoms with Gasteiger partial charge in [0.25, 0.3) is 10.1 Å². The van der Waals surface area contributed by atoms with Crippen molar-refractivity contribution in [2.45, 2.75) is 6.92 Å². The molecule has 5 nitrogen and oxygen atoms in total. The van der Waals surface area contributed by atoms with Gasteiger partial charge in [0.05, 0.1) is 11.2 Å². The van der Waals surface area contributed by atoms with Crippen LogP contribution in [0.1, 0.15) is 12.5 Å². The first-order valence-corrected chi connectivity index (χ1v) is 6.41. The first-order chi connectivity index (χ1) is 8.39. The fraction of sp³-hybridized carbons (Fsp3) is 0.0833. The highest BCUT2D eigenvalue weighted by molar-refractivity contribution is 7.90. The van der Waals surface area contributed by atoms with Crippen LogP contribution in [0.3, 0.4) is 0 Å². The summed E-state index contributed by atoms with van der Waals surface area (Å²) < 4.78 is 35.7. The summed E-state index contributed by atoms with van der Waals surface area (Å²) in [5.74, 6) is -0.583. The van der Waals surface area contributed by atoms with Gasteiger partial charge in [0.1, 0.15) is 0 Å². The molecule has 1 rings (SSSR count). The lowest BCUT2D eigenvalue weighted by molar-refractivity contribution is -0.135. The van der Waals surface area contributed by atoms with E-state index < -0.39 is 16.1 Å². The van der Waals surface area contributed by atoms with E-state index in [2.05, 4.69) is 4.74 Å². The van der Waals surface area contributed by atoms with Gasteiger partial charge in [-0.25, -0.2) is 0 Å². The van der Waals surface area contributed by atoms with Gasteiger partial charge in [-0.05, 0) is 17.7 Å². The lowest BCUT2D eigenvalue weighted by atomic mass is 10.2. The molecule has 6 heteroatoms. The van der Waals surface area contributed by atoms with Crippen molar-refractivity contribution < 1.29 is 22.5 Å². The van der Waals surface area contributed by atoms with E-state index in [9.17, 15) is 13.2 Å². The molecule has 0 bridgehead atoms. The van der Waals surface area contributed by atoms with Gasteiger partial charge >= 0.3 is 5.97 Å². The first-order valence-electron chi connectivity index (χ1n) is 4.97. The summed E-state index contributed by atoms with van der Waals surface area (Å²) >= 11 is 0. The summed E-state index contributed by atoms with van der Waals surface area (Å²) in [6.45, 7) is 1.18. The van der Waals surface area contributed by atoms with E-state index in [0.29, 0.717) is 5.56 Å². The Morgan fingerprint density at radius 1 is 1.28 bits per heavy atom. The number of allylic oxidation sites excluding steroid dienone is 1. The Hall–Kier alpha value is -1.92. The Kier molecular flexibility index (Phi) is 4.82. The highest BCUT2D eigenvalue weighted by Crippen LogP contribution is 2.12. The van der Waals surface area contributed by atoms with Crippen LogP contribution in [0.2, 0.25) is 0 Å². The number of esters is 1. The Morgan fingerprint density at radius 2 is 1.89 bits per heavy atom. The van der Waals surface area contributed by atoms with Gasteiger partial charge < -0.3 is 4.74 Å². The molecule has 0 aliphatic heterocycles. The van der Waals surface area contributed by atoms with Gasteiger partial charge in [-0.15, -0.1) is 0 Å². The zero-order valence-electron chi connectivity index (χ0n) is 9.61. The maximum atomic E-state index is 11.1. The minimum Gasteiger partial charge on any atom is -0.435 e. The van der Waals surface area contributed by atoms with Crippen molar-refractivity contribution in [3.05, 3.63) is 53.1 Å². The standard InChI is InChI=1S/C12H12O5S/c1-10(13)17-8-7-12(18(14,15)16)9-11-5-3-2-4-6-11/h2-9H,1H3,(H,14,15,16). The largest absolute Gasteiger partial charge is 0.435 e. The van der Waals surface area contributed by atoms with Gasteiger partial charge in [-0.2, -0.15) is 8.42 Å². The van der Waals surface area contributed by atoms with Gasteiger partial charge in [0, 0.05) is 6.92 Å². The van der Waals surface area contributed by atoms with Crippen LogP contribution in [-0.4, -0.2) is 18.9 Å². The molecule has 0 radical (unpaired) electrons. The molecule has 1 aromatic rings. The predicted molar refractivity (Wildman–Crippen MR) is 66.9 cm³/mol. The Morgan fingerprint density at radius 3 is 2.39 bits per heavy atom. The van der Waals surface area contributed by atoms with Gasteiger partial charge in [-0.3, -0.25) is 9.35 Å². The zero-order valence-corrected chi connectivity index (χ0v) is 10.4. The Labute approximate surface area is 105 Å². The maximum Gasteiger partial charge on any atom is 0.307 e. The second kappa shape index (κ2) is 6.13. The number of ether oxygens (including phenoxy) is 1. The number of benzene rings is 1. The predicted octanol–water partition coefficient (Wildman–Crippen LogP) is 1.99. The smallest absolute Gasteiger partial charge is 0.307 e. The first kappa shape index (κ1) is 14.1. The van der Waals surface area contributed by atoms with Crippen molar-refractivity contribution in [3.8, 4) is 0 Å². The highest BCUT2D eigenvalue weighted by Gasteiger charge is 2.10. The van der Waals surface area contributed by atoms with Crippen molar-refractivity contribution in [1.29, 1.82) is 0 Å². The quantitative estimate of drug-likeness (QED) is 0.391. The average molecular weight is 268 g/mol. The van der Waals surface area contributed by atoms with E-state index >= 15 is 0 Å². The topological polar surface area (TPSA) is 80.7 Å². The van der Waals surface area contributed by atoms with Crippen LogP contribution in [0.5, 0.6) is 0 Å². The van der Waals surface area contributed by atoms with Crippen LogP contribution in [0.4, 0.5) is 0 Å². The molecule has 0 saturated carbocycles. The fourth-order valence-corrected chi connectivity index (χ4v) is 1.63. The van der Waals surface area contributed by atoms with Crippen molar-refractivity contribution in [1.82, 2.24) is 0 Å². The van der Waals surface area contributed by atoms with Crippen molar-refractivity contribution in [2.75, 3.05) is 0 Å². The molecule has 18 heavy (non-hydrogen) atoms. The van der Waals surface area contributed by atoms with Crippen molar-refractivity contribution >= 4 is 22.2 Å². The Balaban J connectivity index is 3.04. The lowest BCUT2D eigenvalue weighted by Gasteiger charge is -1.99. The number of carbonyl (C=O) groups is 1. The molecule has 0 saturated heterocycles. The second-order valence-electron chi connectivity index (χ2n) is 3.34. The van der Waals surface area contributed by atoms with Gasteiger partial charge in [0.15, 0.2) is 0 Å². The molecule has 0 fully saturated rings. The van der Waals surface area contributed by atoms with Crippen LogP contribution in [0.25, 0.3) is 6.08 Å². The van der Waals surface area contributed by atoms with Crippen LogP contribution < -0.4 is 0 Å². The fourth-order valence-electron chi connectivity index (χ4n) is 1.12. The van der Waals surface area contributed by atoms with Gasteiger partial charge in [0.2, 0.25) is 0 Å². The van der Waals surface area contributed by atoms with E-state index in [0.717, 1.165) is 12.3 Å². The molecule has 0 atom stereocenters. The van der Waals surface area contributed by atoms with E-state index in [1.54, 1.807) is 30.3 Å². The maximum absolute atomic E-state index is 11.1. The number of rotatable bonds is 4. The summed E-state index contributed by atoms with van der Waals surface area (Å²) in [6, 6.07) is 8.57. The van der Waals surface area contributed by atoms with Gasteiger partial charge in [-0.1, -0.05) is 30.3 Å². The number of hydrogen-bond donors (Lipinski definition) is 1. The molecular weight excluding hydrogens is 256 g/mol. The van der Waals surface area contributed by atoms with E-state index in [1.165, 1.54) is 13.0 Å². The van der Waals surface area contributed by atoms with E-state index in [1.807, 2.05) is 0 Å². The summed E-state index contributed by atoms with van der Waals surface area (Å²) in [4.78, 5) is 10.2. The molecule has 0 heterocycles. The molecule has 0 amide bonds. The second-order valence-corrected chi connectivity index (χ2v) is 4.77. The third-order valence-corrected chi connectivity index (χ3v) is 2.72. The third kappa shape index (κ3) is 4.94. The molecule has 0 aliphatic rings. The molecule has 0 unspecified atom stereocenters. The molecule has 96 valence electrons. The zero-order chi connectivity index (χ0) is 13.6. The molecule has 1 N–H and O–H groups in total. The normalized spacial score (nSPS) is 12.7. The monoisotopic (exact) mass is 268 g/mol. The summed E-state index contributed by atoms with van der Waals surface area (Å²) in [6.07, 6.45) is 3.17. The molecule has 0 aliphatic carbocycles. The molecular formula is C12H12O5S. The van der Waals surface area contributed by atoms with Crippen molar-refractivity contribution in [2.24, 2.45) is 0 Å². The average Bonchev–Trinajstić information content (AvgIpc) is 2.27. The minimum atomic E-state index is -4.38. The van der Waals surface area contributed by atoms with E-state index in [4.69, 9.17) is 4.55 Å². The summed E-state index contributed by atoms with van der Waals surface area (Å²) in [7, 11) is -4.38.